The summed E-state index contributed by atoms with van der Waals surface area (Å²) in [6, 6.07) is 21.6. The fourth-order valence-electron chi connectivity index (χ4n) is 2.63. The maximum Gasteiger partial charge on any atom is 0.252 e. The van der Waals surface area contributed by atoms with Crippen LogP contribution in [0, 0.1) is 0 Å². The van der Waals surface area contributed by atoms with Gasteiger partial charge in [0.25, 0.3) is 5.91 Å². The third-order valence-electron chi connectivity index (χ3n) is 4.07. The van der Waals surface area contributed by atoms with Crippen molar-refractivity contribution in [2.75, 3.05) is 13.1 Å². The second-order valence-corrected chi connectivity index (χ2v) is 8.18. The van der Waals surface area contributed by atoms with E-state index in [1.54, 1.807) is 29.2 Å². The van der Waals surface area contributed by atoms with Gasteiger partial charge in [0.2, 0.25) is 5.91 Å². The molecule has 2 aromatic carbocycles. The van der Waals surface area contributed by atoms with Gasteiger partial charge in [0.05, 0.1) is 12.1 Å². The Bertz CT molecular complexity index is 896. The predicted molar refractivity (Wildman–Crippen MR) is 116 cm³/mol. The maximum absolute atomic E-state index is 12.5. The molecule has 1 aromatic heterocycles. The van der Waals surface area contributed by atoms with Crippen molar-refractivity contribution in [2.45, 2.75) is 17.1 Å². The fourth-order valence-corrected chi connectivity index (χ4v) is 4.46. The molecule has 0 aliphatic carbocycles. The average molecular weight is 411 g/mol. The lowest BCUT2D eigenvalue weighted by molar-refractivity contribution is -0.120. The molecule has 4 nitrogen and oxygen atoms in total. The summed E-state index contributed by atoms with van der Waals surface area (Å²) in [7, 11) is 0. The predicted octanol–water partition coefficient (Wildman–Crippen LogP) is 4.13. The number of hydrogen-bond acceptors (Lipinski definition) is 4. The molecule has 3 rings (SSSR count). The Morgan fingerprint density at radius 1 is 0.893 bits per heavy atom. The van der Waals surface area contributed by atoms with Crippen LogP contribution in [0.1, 0.15) is 20.8 Å². The van der Waals surface area contributed by atoms with Crippen LogP contribution in [0.5, 0.6) is 0 Å². The van der Waals surface area contributed by atoms with Gasteiger partial charge in [0.15, 0.2) is 0 Å². The zero-order valence-corrected chi connectivity index (χ0v) is 17.0. The normalized spacial score (nSPS) is 10.4. The lowest BCUT2D eigenvalue weighted by Gasteiger charge is -2.10. The summed E-state index contributed by atoms with van der Waals surface area (Å²) in [6.45, 7) is 0.517. The minimum absolute atomic E-state index is 0.0302. The summed E-state index contributed by atoms with van der Waals surface area (Å²) in [5, 5.41) is 7.60. The number of rotatable bonds is 9. The summed E-state index contributed by atoms with van der Waals surface area (Å²) in [6.07, 6.45) is 0.767. The first kappa shape index (κ1) is 20.2. The van der Waals surface area contributed by atoms with Crippen molar-refractivity contribution < 1.29 is 9.59 Å². The van der Waals surface area contributed by atoms with E-state index in [4.69, 9.17) is 0 Å². The molecule has 6 heteroatoms. The highest BCUT2D eigenvalue weighted by Crippen LogP contribution is 2.27. The van der Waals surface area contributed by atoms with Crippen LogP contribution in [0.3, 0.4) is 0 Å². The van der Waals surface area contributed by atoms with Crippen molar-refractivity contribution >= 4 is 34.9 Å². The van der Waals surface area contributed by atoms with E-state index < -0.39 is 0 Å². The van der Waals surface area contributed by atoms with E-state index in [0.717, 1.165) is 17.1 Å². The number of carbonyl (C=O) groups is 2. The van der Waals surface area contributed by atoms with Crippen molar-refractivity contribution in [3.8, 4) is 0 Å². The minimum Gasteiger partial charge on any atom is -0.354 e. The van der Waals surface area contributed by atoms with Gasteiger partial charge in [-0.05, 0) is 35.6 Å². The Morgan fingerprint density at radius 2 is 1.68 bits per heavy atom. The van der Waals surface area contributed by atoms with E-state index in [2.05, 4.69) is 16.7 Å². The molecule has 0 radical (unpaired) electrons. The van der Waals surface area contributed by atoms with Crippen molar-refractivity contribution in [1.82, 2.24) is 10.6 Å². The van der Waals surface area contributed by atoms with E-state index in [-0.39, 0.29) is 18.4 Å². The molecular weight excluding hydrogens is 388 g/mol. The van der Waals surface area contributed by atoms with Crippen LogP contribution in [0.4, 0.5) is 0 Å². The Kier molecular flexibility index (Phi) is 7.70. The van der Waals surface area contributed by atoms with Crippen molar-refractivity contribution in [2.24, 2.45) is 0 Å². The largest absolute Gasteiger partial charge is 0.354 e. The standard InChI is InChI=1S/C22H22N2O2S2/c25-21(23-13-12-17-7-2-1-3-8-17)15-24-22(26)19-10-4-5-11-20(19)28-16-18-9-6-14-27-18/h1-11,14H,12-13,15-16H2,(H,23,25)(H,24,26). The first-order valence-corrected chi connectivity index (χ1v) is 10.9. The number of benzene rings is 2. The highest BCUT2D eigenvalue weighted by atomic mass is 32.2. The molecule has 0 aliphatic heterocycles. The molecule has 2 N–H and O–H groups in total. The van der Waals surface area contributed by atoms with Crippen LogP contribution in [-0.2, 0) is 17.0 Å². The van der Waals surface area contributed by atoms with E-state index >= 15 is 0 Å². The third-order valence-corrected chi connectivity index (χ3v) is 6.25. The van der Waals surface area contributed by atoms with Crippen LogP contribution in [-0.4, -0.2) is 24.9 Å². The van der Waals surface area contributed by atoms with E-state index in [9.17, 15) is 9.59 Å². The van der Waals surface area contributed by atoms with Crippen molar-refractivity contribution in [3.05, 3.63) is 88.1 Å². The quantitative estimate of drug-likeness (QED) is 0.522. The van der Waals surface area contributed by atoms with Gasteiger partial charge < -0.3 is 10.6 Å². The average Bonchev–Trinajstić information content (AvgIpc) is 3.25. The van der Waals surface area contributed by atoms with Gasteiger partial charge in [-0.25, -0.2) is 0 Å². The van der Waals surface area contributed by atoms with Crippen molar-refractivity contribution in [1.29, 1.82) is 0 Å². The molecule has 0 fully saturated rings. The molecule has 0 atom stereocenters. The Hall–Kier alpha value is -2.57. The Morgan fingerprint density at radius 3 is 2.46 bits per heavy atom. The highest BCUT2D eigenvalue weighted by Gasteiger charge is 2.12. The van der Waals surface area contributed by atoms with Gasteiger partial charge >= 0.3 is 0 Å². The first-order valence-electron chi connectivity index (χ1n) is 9.05. The van der Waals surface area contributed by atoms with Crippen LogP contribution in [0.15, 0.2) is 77.0 Å². The summed E-state index contributed by atoms with van der Waals surface area (Å²) in [4.78, 5) is 26.7. The van der Waals surface area contributed by atoms with Gasteiger partial charge in [-0.1, -0.05) is 48.5 Å². The van der Waals surface area contributed by atoms with Gasteiger partial charge in [-0.15, -0.1) is 23.1 Å². The number of thioether (sulfide) groups is 1. The van der Waals surface area contributed by atoms with E-state index in [1.807, 2.05) is 60.0 Å². The Labute approximate surface area is 173 Å². The van der Waals surface area contributed by atoms with Crippen LogP contribution < -0.4 is 10.6 Å². The molecule has 0 saturated heterocycles. The molecule has 0 aliphatic rings. The SMILES string of the molecule is O=C(CNC(=O)c1ccccc1SCc1cccs1)NCCc1ccccc1. The zero-order valence-electron chi connectivity index (χ0n) is 15.4. The summed E-state index contributed by atoms with van der Waals surface area (Å²) >= 11 is 3.33. The van der Waals surface area contributed by atoms with Gasteiger partial charge in [-0.3, -0.25) is 9.59 Å². The lowest BCUT2D eigenvalue weighted by Crippen LogP contribution is -2.37. The zero-order chi connectivity index (χ0) is 19.6. The molecule has 0 spiro atoms. The van der Waals surface area contributed by atoms with Gasteiger partial charge in [-0.2, -0.15) is 0 Å². The molecule has 0 unspecified atom stereocenters. The fraction of sp³-hybridized carbons (Fsp3) is 0.182. The van der Waals surface area contributed by atoms with Gasteiger partial charge in [0.1, 0.15) is 0 Å². The number of amides is 2. The smallest absolute Gasteiger partial charge is 0.252 e. The lowest BCUT2D eigenvalue weighted by atomic mass is 10.1. The maximum atomic E-state index is 12.5. The molecule has 2 amide bonds. The highest BCUT2D eigenvalue weighted by molar-refractivity contribution is 7.98. The molecule has 3 aromatic rings. The van der Waals surface area contributed by atoms with Gasteiger partial charge in [0, 0.05) is 22.1 Å². The second kappa shape index (κ2) is 10.7. The van der Waals surface area contributed by atoms with Crippen LogP contribution >= 0.6 is 23.1 Å². The summed E-state index contributed by atoms with van der Waals surface area (Å²) in [5.74, 6) is 0.405. The molecule has 0 bridgehead atoms. The monoisotopic (exact) mass is 410 g/mol. The second-order valence-electron chi connectivity index (χ2n) is 6.13. The molecule has 28 heavy (non-hydrogen) atoms. The first-order chi connectivity index (χ1) is 13.7. The molecule has 1 heterocycles. The van der Waals surface area contributed by atoms with Crippen molar-refractivity contribution in [3.63, 3.8) is 0 Å². The van der Waals surface area contributed by atoms with E-state index in [0.29, 0.717) is 12.1 Å². The molecule has 0 saturated carbocycles. The molecular formula is C22H22N2O2S2. The molecule has 144 valence electrons. The Balaban J connectivity index is 1.45. The third kappa shape index (κ3) is 6.25. The number of hydrogen-bond donors (Lipinski definition) is 2. The minimum atomic E-state index is -0.229. The number of carbonyl (C=O) groups excluding carboxylic acids is 2. The number of nitrogens with one attached hydrogen (secondary N) is 2. The van der Waals surface area contributed by atoms with Crippen LogP contribution in [0.2, 0.25) is 0 Å². The summed E-state index contributed by atoms with van der Waals surface area (Å²) < 4.78 is 0. The summed E-state index contributed by atoms with van der Waals surface area (Å²) in [5.41, 5.74) is 1.77. The topological polar surface area (TPSA) is 58.2 Å². The van der Waals surface area contributed by atoms with E-state index in [1.165, 1.54) is 10.4 Å². The van der Waals surface area contributed by atoms with Crippen LogP contribution in [0.25, 0.3) is 0 Å². The number of thiophene rings is 1.